The predicted octanol–water partition coefficient (Wildman–Crippen LogP) is 1.69. The second kappa shape index (κ2) is 6.62. The molecule has 0 amide bonds. The predicted molar refractivity (Wildman–Crippen MR) is 76.4 cm³/mol. The zero-order valence-electron chi connectivity index (χ0n) is 11.9. The van der Waals surface area contributed by atoms with E-state index in [9.17, 15) is 4.79 Å². The molecule has 0 aliphatic rings. The van der Waals surface area contributed by atoms with Crippen LogP contribution in [0.5, 0.6) is 0 Å². The van der Waals surface area contributed by atoms with Crippen molar-refractivity contribution in [3.05, 3.63) is 34.0 Å². The molecule has 0 atom stereocenters. The molecule has 0 spiro atoms. The van der Waals surface area contributed by atoms with Gasteiger partial charge < -0.3 is 4.74 Å². The number of aromatic nitrogens is 3. The van der Waals surface area contributed by atoms with E-state index in [4.69, 9.17) is 4.74 Å². The minimum atomic E-state index is -0.322. The van der Waals surface area contributed by atoms with Gasteiger partial charge in [-0.25, -0.2) is 9.78 Å². The first-order chi connectivity index (χ1) is 9.61. The molecule has 0 radical (unpaired) electrons. The van der Waals surface area contributed by atoms with Gasteiger partial charge in [-0.15, -0.1) is 11.3 Å². The van der Waals surface area contributed by atoms with Crippen LogP contribution < -0.4 is 0 Å². The van der Waals surface area contributed by atoms with Crippen molar-refractivity contribution in [2.45, 2.75) is 20.0 Å². The molecule has 108 valence electrons. The number of esters is 1. The monoisotopic (exact) mass is 294 g/mol. The van der Waals surface area contributed by atoms with Crippen molar-refractivity contribution in [2.24, 2.45) is 7.05 Å². The van der Waals surface area contributed by atoms with Crippen LogP contribution in [0.25, 0.3) is 0 Å². The largest absolute Gasteiger partial charge is 0.462 e. The van der Waals surface area contributed by atoms with Crippen molar-refractivity contribution in [1.29, 1.82) is 0 Å². The van der Waals surface area contributed by atoms with Crippen LogP contribution in [0.3, 0.4) is 0 Å². The van der Waals surface area contributed by atoms with Gasteiger partial charge in [0.2, 0.25) is 0 Å². The third-order valence-corrected chi connectivity index (χ3v) is 3.53. The highest BCUT2D eigenvalue weighted by Gasteiger charge is 2.18. The van der Waals surface area contributed by atoms with Gasteiger partial charge in [0.1, 0.15) is 5.56 Å². The molecule has 0 saturated carbocycles. The maximum absolute atomic E-state index is 11.9. The van der Waals surface area contributed by atoms with E-state index in [0.717, 1.165) is 17.9 Å². The van der Waals surface area contributed by atoms with Crippen LogP contribution in [-0.2, 0) is 24.9 Å². The van der Waals surface area contributed by atoms with Crippen LogP contribution in [-0.4, -0.2) is 39.3 Å². The van der Waals surface area contributed by atoms with E-state index in [-0.39, 0.29) is 5.97 Å². The Balaban J connectivity index is 2.08. The molecule has 2 heterocycles. The lowest BCUT2D eigenvalue weighted by molar-refractivity contribution is 0.0524. The molecule has 7 heteroatoms. The van der Waals surface area contributed by atoms with Crippen molar-refractivity contribution in [1.82, 2.24) is 19.7 Å². The van der Waals surface area contributed by atoms with Crippen LogP contribution in [0.15, 0.2) is 17.1 Å². The van der Waals surface area contributed by atoms with Crippen molar-refractivity contribution >= 4 is 17.3 Å². The summed E-state index contributed by atoms with van der Waals surface area (Å²) < 4.78 is 6.76. The number of hydrogen-bond donors (Lipinski definition) is 0. The number of nitrogens with zero attached hydrogens (tertiary/aromatic N) is 4. The summed E-state index contributed by atoms with van der Waals surface area (Å²) in [6, 6.07) is 0. The molecule has 2 aromatic heterocycles. The van der Waals surface area contributed by atoms with Gasteiger partial charge in [-0.05, 0) is 14.0 Å². The first-order valence-corrected chi connectivity index (χ1v) is 7.29. The molecule has 0 aliphatic carbocycles. The summed E-state index contributed by atoms with van der Waals surface area (Å²) in [4.78, 5) is 18.2. The fourth-order valence-electron chi connectivity index (χ4n) is 1.93. The fraction of sp³-hybridized carbons (Fsp3) is 0.462. The lowest BCUT2D eigenvalue weighted by Crippen LogP contribution is -2.21. The molecule has 0 fully saturated rings. The highest BCUT2D eigenvalue weighted by atomic mass is 32.1. The molecule has 0 saturated heterocycles. The second-order valence-electron chi connectivity index (χ2n) is 4.50. The average molecular weight is 294 g/mol. The SMILES string of the molecule is CCOC(=O)c1cnn(C)c1CN(C)Cc1cscn1. The van der Waals surface area contributed by atoms with Crippen LogP contribution in [0.2, 0.25) is 0 Å². The number of aryl methyl sites for hydroxylation is 1. The summed E-state index contributed by atoms with van der Waals surface area (Å²) in [5.41, 5.74) is 4.22. The molecule has 0 bridgehead atoms. The zero-order chi connectivity index (χ0) is 14.5. The molecule has 0 aliphatic heterocycles. The fourth-order valence-corrected chi connectivity index (χ4v) is 2.48. The Bertz CT molecular complexity index is 565. The van der Waals surface area contributed by atoms with E-state index in [1.165, 1.54) is 0 Å². The highest BCUT2D eigenvalue weighted by molar-refractivity contribution is 7.07. The van der Waals surface area contributed by atoms with E-state index in [0.29, 0.717) is 18.7 Å². The zero-order valence-corrected chi connectivity index (χ0v) is 12.7. The summed E-state index contributed by atoms with van der Waals surface area (Å²) in [7, 11) is 3.82. The Kier molecular flexibility index (Phi) is 4.86. The third-order valence-electron chi connectivity index (χ3n) is 2.89. The van der Waals surface area contributed by atoms with E-state index in [2.05, 4.69) is 15.0 Å². The lowest BCUT2D eigenvalue weighted by Gasteiger charge is -2.16. The van der Waals surface area contributed by atoms with Gasteiger partial charge in [0.25, 0.3) is 0 Å². The van der Waals surface area contributed by atoms with Gasteiger partial charge in [-0.3, -0.25) is 9.58 Å². The van der Waals surface area contributed by atoms with Gasteiger partial charge in [-0.1, -0.05) is 0 Å². The number of carbonyl (C=O) groups is 1. The van der Waals surface area contributed by atoms with Crippen LogP contribution in [0.4, 0.5) is 0 Å². The number of hydrogen-bond acceptors (Lipinski definition) is 6. The smallest absolute Gasteiger partial charge is 0.341 e. The van der Waals surface area contributed by atoms with Crippen molar-refractivity contribution in [3.63, 3.8) is 0 Å². The topological polar surface area (TPSA) is 60.2 Å². The lowest BCUT2D eigenvalue weighted by atomic mass is 10.2. The molecular weight excluding hydrogens is 276 g/mol. The Morgan fingerprint density at radius 1 is 1.50 bits per heavy atom. The quantitative estimate of drug-likeness (QED) is 0.759. The molecular formula is C13H18N4O2S. The Hall–Kier alpha value is -1.73. The Labute approximate surface area is 122 Å². The number of ether oxygens (including phenoxy) is 1. The summed E-state index contributed by atoms with van der Waals surface area (Å²) >= 11 is 1.58. The molecule has 2 rings (SSSR count). The third kappa shape index (κ3) is 3.43. The maximum Gasteiger partial charge on any atom is 0.341 e. The molecule has 2 aromatic rings. The van der Waals surface area contributed by atoms with Crippen molar-refractivity contribution in [2.75, 3.05) is 13.7 Å². The molecule has 20 heavy (non-hydrogen) atoms. The second-order valence-corrected chi connectivity index (χ2v) is 5.22. The average Bonchev–Trinajstić information content (AvgIpc) is 3.01. The summed E-state index contributed by atoms with van der Waals surface area (Å²) in [5.74, 6) is -0.322. The van der Waals surface area contributed by atoms with E-state index < -0.39 is 0 Å². The minimum Gasteiger partial charge on any atom is -0.462 e. The van der Waals surface area contributed by atoms with Crippen LogP contribution in [0, 0.1) is 0 Å². The van der Waals surface area contributed by atoms with Crippen molar-refractivity contribution in [3.8, 4) is 0 Å². The molecule has 0 N–H and O–H groups in total. The Morgan fingerprint density at radius 2 is 2.30 bits per heavy atom. The normalized spacial score (nSPS) is 11.0. The van der Waals surface area contributed by atoms with Gasteiger partial charge >= 0.3 is 5.97 Å². The number of thiazole rings is 1. The summed E-state index contributed by atoms with van der Waals surface area (Å²) in [5, 5.41) is 6.17. The first kappa shape index (κ1) is 14.7. The molecule has 6 nitrogen and oxygen atoms in total. The molecule has 0 aromatic carbocycles. The highest BCUT2D eigenvalue weighted by Crippen LogP contribution is 2.13. The standard InChI is InChI=1S/C13H18N4O2S/c1-4-19-13(18)11-5-15-17(3)12(11)7-16(2)6-10-8-20-9-14-10/h5,8-9H,4,6-7H2,1-3H3. The first-order valence-electron chi connectivity index (χ1n) is 6.35. The number of carbonyl (C=O) groups excluding carboxylic acids is 1. The maximum atomic E-state index is 11.9. The summed E-state index contributed by atoms with van der Waals surface area (Å²) in [6.07, 6.45) is 1.56. The van der Waals surface area contributed by atoms with Gasteiger partial charge in [0.05, 0.1) is 29.7 Å². The van der Waals surface area contributed by atoms with Gasteiger partial charge in [-0.2, -0.15) is 5.10 Å². The van der Waals surface area contributed by atoms with E-state index >= 15 is 0 Å². The van der Waals surface area contributed by atoms with Crippen LogP contribution in [0.1, 0.15) is 28.7 Å². The summed E-state index contributed by atoms with van der Waals surface area (Å²) in [6.45, 7) is 3.50. The van der Waals surface area contributed by atoms with Gasteiger partial charge in [0, 0.05) is 25.5 Å². The van der Waals surface area contributed by atoms with Crippen molar-refractivity contribution < 1.29 is 9.53 Å². The van der Waals surface area contributed by atoms with Gasteiger partial charge in [0.15, 0.2) is 0 Å². The van der Waals surface area contributed by atoms with Crippen LogP contribution >= 0.6 is 11.3 Å². The van der Waals surface area contributed by atoms with E-state index in [1.54, 1.807) is 29.1 Å². The minimum absolute atomic E-state index is 0.322. The number of rotatable bonds is 6. The van der Waals surface area contributed by atoms with E-state index in [1.807, 2.05) is 25.0 Å². The molecule has 0 unspecified atom stereocenters. The Morgan fingerprint density at radius 3 is 2.95 bits per heavy atom.